The summed E-state index contributed by atoms with van der Waals surface area (Å²) < 4.78 is 12.7. The fourth-order valence-corrected chi connectivity index (χ4v) is 2.57. The van der Waals surface area contributed by atoms with Crippen LogP contribution in [-0.4, -0.2) is 21.3 Å². The van der Waals surface area contributed by atoms with Crippen LogP contribution in [0.1, 0.15) is 0 Å². The van der Waals surface area contributed by atoms with Crippen LogP contribution in [0.2, 0.25) is 0 Å². The molecule has 0 bridgehead atoms. The highest BCUT2D eigenvalue weighted by Gasteiger charge is 2.13. The molecule has 6 heteroatoms. The van der Waals surface area contributed by atoms with Crippen molar-refractivity contribution in [3.63, 3.8) is 0 Å². The van der Waals surface area contributed by atoms with Crippen LogP contribution in [0.4, 0.5) is 0 Å². The fraction of sp³-hybridized carbons (Fsp3) is 1.00. The van der Waals surface area contributed by atoms with E-state index in [1.807, 2.05) is 0 Å². The highest BCUT2D eigenvalue weighted by atomic mass is 32.9. The molecule has 0 radical (unpaired) electrons. The van der Waals surface area contributed by atoms with E-state index in [0.717, 1.165) is 0 Å². The molecule has 0 aliphatic rings. The van der Waals surface area contributed by atoms with E-state index in [2.05, 4.69) is 4.72 Å². The van der Waals surface area contributed by atoms with Gasteiger partial charge in [-0.05, 0) is 18.9 Å². The lowest BCUT2D eigenvalue weighted by Crippen LogP contribution is -1.93. The number of hydrogen-bond acceptors (Lipinski definition) is 5. The van der Waals surface area contributed by atoms with Crippen molar-refractivity contribution >= 4 is 29.1 Å². The lowest BCUT2D eigenvalue weighted by atomic mass is 11.6. The normalized spacial score (nSPS) is 11.9. The molecule has 0 aromatic heterocycles. The van der Waals surface area contributed by atoms with E-state index in [9.17, 15) is 0 Å². The lowest BCUT2D eigenvalue weighted by Gasteiger charge is -2.14. The first-order valence-electron chi connectivity index (χ1n) is 2.25. The molecule has 0 spiro atoms. The third-order valence-electron chi connectivity index (χ3n) is 0.650. The highest BCUT2D eigenvalue weighted by molar-refractivity contribution is 8.67. The van der Waals surface area contributed by atoms with Crippen LogP contribution in [-0.2, 0) is 20.9 Å². The van der Waals surface area contributed by atoms with Gasteiger partial charge < -0.3 is 9.05 Å². The third kappa shape index (κ3) is 3.55. The minimum absolute atomic E-state index is 1.31. The second-order valence-corrected chi connectivity index (χ2v) is 7.45. The zero-order valence-corrected chi connectivity index (χ0v) is 8.11. The summed E-state index contributed by atoms with van der Waals surface area (Å²) in [5, 5.41) is 0. The van der Waals surface area contributed by atoms with Gasteiger partial charge in [0.05, 0.1) is 0 Å². The van der Waals surface area contributed by atoms with Crippen molar-refractivity contribution in [2.24, 2.45) is 0 Å². The Bertz CT molecular complexity index is 112. The molecular weight excluding hydrogens is 177 g/mol. The van der Waals surface area contributed by atoms with Crippen molar-refractivity contribution in [1.29, 1.82) is 0 Å². The molecular formula is C3H10NO2PS2. The van der Waals surface area contributed by atoms with Gasteiger partial charge in [0.15, 0.2) is 0 Å². The molecule has 0 fully saturated rings. The van der Waals surface area contributed by atoms with E-state index in [-0.39, 0.29) is 0 Å². The molecule has 0 aromatic carbocycles. The molecule has 0 aliphatic carbocycles. The van der Waals surface area contributed by atoms with Crippen molar-refractivity contribution in [2.45, 2.75) is 0 Å². The summed E-state index contributed by atoms with van der Waals surface area (Å²) >= 11 is 6.28. The van der Waals surface area contributed by atoms with Crippen molar-refractivity contribution in [1.82, 2.24) is 4.72 Å². The Kier molecular flexibility index (Phi) is 5.11. The average molecular weight is 187 g/mol. The predicted octanol–water partition coefficient (Wildman–Crippen LogP) is 1.37. The quantitative estimate of drug-likeness (QED) is 0.530. The van der Waals surface area contributed by atoms with Crippen molar-refractivity contribution in [3.8, 4) is 0 Å². The summed E-state index contributed by atoms with van der Waals surface area (Å²) in [5.41, 5.74) is -2.04. The maximum absolute atomic E-state index is 4.97. The Balaban J connectivity index is 3.78. The van der Waals surface area contributed by atoms with Gasteiger partial charge in [-0.25, -0.2) is 0 Å². The molecule has 9 heavy (non-hydrogen) atoms. The summed E-state index contributed by atoms with van der Waals surface area (Å²) in [6, 6.07) is 0. The highest BCUT2D eigenvalue weighted by Crippen LogP contribution is 2.57. The molecule has 0 saturated heterocycles. The molecule has 56 valence electrons. The van der Waals surface area contributed by atoms with Gasteiger partial charge in [0.25, 0.3) is 5.69 Å². The SMILES string of the molecule is CNSP(=S)(OC)OC. The van der Waals surface area contributed by atoms with Gasteiger partial charge in [0, 0.05) is 25.8 Å². The van der Waals surface area contributed by atoms with Crippen LogP contribution in [0, 0.1) is 0 Å². The zero-order chi connectivity index (χ0) is 7.33. The Hall–Kier alpha value is 0.880. The van der Waals surface area contributed by atoms with Crippen molar-refractivity contribution in [3.05, 3.63) is 0 Å². The van der Waals surface area contributed by atoms with Gasteiger partial charge in [-0.15, -0.1) is 0 Å². The zero-order valence-electron chi connectivity index (χ0n) is 5.58. The van der Waals surface area contributed by atoms with Gasteiger partial charge in [-0.1, -0.05) is 0 Å². The Morgan fingerprint density at radius 2 is 1.89 bits per heavy atom. The predicted molar refractivity (Wildman–Crippen MR) is 45.0 cm³/mol. The molecule has 0 rings (SSSR count). The van der Waals surface area contributed by atoms with E-state index >= 15 is 0 Å². The van der Waals surface area contributed by atoms with Crippen molar-refractivity contribution in [2.75, 3.05) is 21.3 Å². The van der Waals surface area contributed by atoms with E-state index in [1.54, 1.807) is 21.3 Å². The molecule has 0 aromatic rings. The molecule has 0 unspecified atom stereocenters. The van der Waals surface area contributed by atoms with Gasteiger partial charge in [-0.2, -0.15) is 0 Å². The fourth-order valence-electron chi connectivity index (χ4n) is 0.261. The first kappa shape index (κ1) is 9.88. The smallest absolute Gasteiger partial charge is 0.261 e. The lowest BCUT2D eigenvalue weighted by molar-refractivity contribution is 0.354. The summed E-state index contributed by atoms with van der Waals surface area (Å²) in [6.45, 7) is 0. The van der Waals surface area contributed by atoms with Crippen LogP contribution in [0.5, 0.6) is 0 Å². The Morgan fingerprint density at radius 1 is 1.44 bits per heavy atom. The monoisotopic (exact) mass is 187 g/mol. The average Bonchev–Trinajstić information content (AvgIpc) is 1.89. The molecule has 0 atom stereocenters. The molecule has 0 aliphatic heterocycles. The Morgan fingerprint density at radius 3 is 2.00 bits per heavy atom. The van der Waals surface area contributed by atoms with E-state index in [4.69, 9.17) is 20.9 Å². The summed E-state index contributed by atoms with van der Waals surface area (Å²) in [4.78, 5) is 0. The minimum Gasteiger partial charge on any atom is -0.324 e. The van der Waals surface area contributed by atoms with Crippen LogP contribution in [0.3, 0.4) is 0 Å². The summed E-state index contributed by atoms with van der Waals surface area (Å²) in [5.74, 6) is 0. The topological polar surface area (TPSA) is 30.5 Å². The second kappa shape index (κ2) is 4.66. The molecule has 0 heterocycles. The largest absolute Gasteiger partial charge is 0.324 e. The first-order chi connectivity index (χ1) is 4.18. The van der Waals surface area contributed by atoms with Gasteiger partial charge in [-0.3, -0.25) is 4.72 Å². The van der Waals surface area contributed by atoms with E-state index < -0.39 is 5.69 Å². The van der Waals surface area contributed by atoms with Crippen molar-refractivity contribution < 1.29 is 9.05 Å². The maximum Gasteiger partial charge on any atom is 0.261 e. The molecule has 0 saturated carbocycles. The molecule has 0 amide bonds. The van der Waals surface area contributed by atoms with Gasteiger partial charge in [0.1, 0.15) is 0 Å². The standard InChI is InChI=1S/C3H10NO2PS2/c1-4-9-7(8,5-2)6-3/h4H,1-3H3. The van der Waals surface area contributed by atoms with Crippen LogP contribution in [0.15, 0.2) is 0 Å². The van der Waals surface area contributed by atoms with Gasteiger partial charge in [0.2, 0.25) is 0 Å². The number of rotatable bonds is 4. The first-order valence-corrected chi connectivity index (χ1v) is 6.31. The van der Waals surface area contributed by atoms with E-state index in [1.165, 1.54) is 11.6 Å². The minimum atomic E-state index is -2.04. The van der Waals surface area contributed by atoms with Gasteiger partial charge >= 0.3 is 0 Å². The Labute approximate surface area is 64.5 Å². The van der Waals surface area contributed by atoms with Crippen LogP contribution >= 0.6 is 17.3 Å². The molecule has 3 nitrogen and oxygen atoms in total. The number of nitrogens with one attached hydrogen (secondary N) is 1. The molecule has 1 N–H and O–H groups in total. The second-order valence-electron chi connectivity index (χ2n) is 1.11. The summed E-state index contributed by atoms with van der Waals surface area (Å²) in [7, 11) is 4.88. The van der Waals surface area contributed by atoms with E-state index in [0.29, 0.717) is 0 Å². The van der Waals surface area contributed by atoms with Crippen LogP contribution in [0.25, 0.3) is 0 Å². The number of hydrogen-bond donors (Lipinski definition) is 1. The maximum atomic E-state index is 4.97. The summed E-state index contributed by atoms with van der Waals surface area (Å²) in [6.07, 6.45) is 0. The van der Waals surface area contributed by atoms with Crippen LogP contribution < -0.4 is 4.72 Å². The third-order valence-corrected chi connectivity index (χ3v) is 5.63.